The van der Waals surface area contributed by atoms with Crippen LogP contribution in [0.15, 0.2) is 33.7 Å². The number of carbonyl (C=O) groups excluding carboxylic acids is 1. The maximum Gasteiger partial charge on any atom is 0.315 e. The number of hydrogen-bond acceptors (Lipinski definition) is 7. The molecule has 1 aromatic heterocycles. The molecule has 1 amide bonds. The molecule has 0 bridgehead atoms. The van der Waals surface area contributed by atoms with Gasteiger partial charge in [0, 0.05) is 12.5 Å². The number of rotatable bonds is 8. The Balaban J connectivity index is 1.99. The standard InChI is InChI=1S/C16H21N3O5S/c1-4-11(2)17-15(20)16-18-14(19-24-16)9-10-25(21,22)13-7-5-12(23-3)6-8-13/h5-8,11H,4,9-10H2,1-3H3,(H,17,20). The van der Waals surface area contributed by atoms with E-state index in [1.807, 2.05) is 13.8 Å². The average Bonchev–Trinajstić information content (AvgIpc) is 3.09. The quantitative estimate of drug-likeness (QED) is 0.754. The van der Waals surface area contributed by atoms with Crippen molar-refractivity contribution in [3.05, 3.63) is 36.0 Å². The molecule has 9 heteroatoms. The minimum absolute atomic E-state index is 0.0155. The van der Waals surface area contributed by atoms with Gasteiger partial charge >= 0.3 is 11.8 Å². The number of methoxy groups -OCH3 is 1. The van der Waals surface area contributed by atoms with Crippen LogP contribution in [-0.2, 0) is 16.3 Å². The molecule has 0 saturated heterocycles. The average molecular weight is 367 g/mol. The fourth-order valence-corrected chi connectivity index (χ4v) is 3.20. The summed E-state index contributed by atoms with van der Waals surface area (Å²) in [5, 5.41) is 6.37. The van der Waals surface area contributed by atoms with E-state index in [-0.39, 0.29) is 34.8 Å². The Hall–Kier alpha value is -2.42. The third-order valence-corrected chi connectivity index (χ3v) is 5.40. The van der Waals surface area contributed by atoms with Crippen molar-refractivity contribution in [1.29, 1.82) is 0 Å². The highest BCUT2D eigenvalue weighted by atomic mass is 32.2. The largest absolute Gasteiger partial charge is 0.497 e. The van der Waals surface area contributed by atoms with E-state index in [2.05, 4.69) is 15.5 Å². The predicted octanol–water partition coefficient (Wildman–Crippen LogP) is 1.62. The van der Waals surface area contributed by atoms with Gasteiger partial charge < -0.3 is 14.6 Å². The Labute approximate surface area is 146 Å². The summed E-state index contributed by atoms with van der Waals surface area (Å²) in [6.07, 6.45) is 0.821. The van der Waals surface area contributed by atoms with Gasteiger partial charge in [0.25, 0.3) is 0 Å². The van der Waals surface area contributed by atoms with E-state index in [1.54, 1.807) is 12.1 Å². The maximum absolute atomic E-state index is 12.3. The lowest BCUT2D eigenvalue weighted by Crippen LogP contribution is -2.32. The van der Waals surface area contributed by atoms with E-state index in [0.717, 1.165) is 6.42 Å². The minimum atomic E-state index is -3.50. The van der Waals surface area contributed by atoms with Crippen LogP contribution in [-0.4, -0.2) is 43.4 Å². The molecule has 0 radical (unpaired) electrons. The van der Waals surface area contributed by atoms with Crippen molar-refractivity contribution < 1.29 is 22.5 Å². The molecule has 2 aromatic rings. The number of nitrogens with one attached hydrogen (secondary N) is 1. The number of carbonyl (C=O) groups is 1. The first-order valence-electron chi connectivity index (χ1n) is 7.86. The zero-order valence-electron chi connectivity index (χ0n) is 14.4. The molecular weight excluding hydrogens is 346 g/mol. The molecule has 1 unspecified atom stereocenters. The highest BCUT2D eigenvalue weighted by Crippen LogP contribution is 2.17. The van der Waals surface area contributed by atoms with Crippen LogP contribution >= 0.6 is 0 Å². The van der Waals surface area contributed by atoms with Crippen LogP contribution in [0.25, 0.3) is 0 Å². The Morgan fingerprint density at radius 2 is 2.00 bits per heavy atom. The zero-order valence-corrected chi connectivity index (χ0v) is 15.2. The van der Waals surface area contributed by atoms with Crippen molar-refractivity contribution in [3.63, 3.8) is 0 Å². The summed E-state index contributed by atoms with van der Waals surface area (Å²) in [5.74, 6) is -0.0746. The molecule has 0 aliphatic heterocycles. The minimum Gasteiger partial charge on any atom is -0.497 e. The van der Waals surface area contributed by atoms with Crippen molar-refractivity contribution in [3.8, 4) is 5.75 Å². The summed E-state index contributed by atoms with van der Waals surface area (Å²) in [6.45, 7) is 3.80. The Bertz CT molecular complexity index is 815. The van der Waals surface area contributed by atoms with Crippen molar-refractivity contribution in [2.24, 2.45) is 0 Å². The summed E-state index contributed by atoms with van der Waals surface area (Å²) >= 11 is 0. The second-order valence-corrected chi connectivity index (χ2v) is 7.65. The number of sulfone groups is 1. The number of aryl methyl sites for hydroxylation is 1. The van der Waals surface area contributed by atoms with Crippen molar-refractivity contribution in [2.45, 2.75) is 37.6 Å². The van der Waals surface area contributed by atoms with Crippen LogP contribution in [0.1, 0.15) is 36.8 Å². The normalized spacial score (nSPS) is 12.6. The fourth-order valence-electron chi connectivity index (χ4n) is 1.96. The van der Waals surface area contributed by atoms with Gasteiger partial charge in [0.15, 0.2) is 15.7 Å². The highest BCUT2D eigenvalue weighted by molar-refractivity contribution is 7.91. The lowest BCUT2D eigenvalue weighted by Gasteiger charge is -2.07. The molecule has 25 heavy (non-hydrogen) atoms. The lowest BCUT2D eigenvalue weighted by molar-refractivity contribution is 0.0895. The Morgan fingerprint density at radius 1 is 1.32 bits per heavy atom. The number of amides is 1. The number of nitrogens with zero attached hydrogens (tertiary/aromatic N) is 2. The summed E-state index contributed by atoms with van der Waals surface area (Å²) in [6, 6.07) is 6.11. The lowest BCUT2D eigenvalue weighted by atomic mass is 10.2. The van der Waals surface area contributed by atoms with Crippen LogP contribution in [0.5, 0.6) is 5.75 Å². The second kappa shape index (κ2) is 8.11. The number of ether oxygens (including phenoxy) is 1. The summed E-state index contributed by atoms with van der Waals surface area (Å²) < 4.78 is 34.5. The monoisotopic (exact) mass is 367 g/mol. The van der Waals surface area contributed by atoms with E-state index >= 15 is 0 Å². The van der Waals surface area contributed by atoms with Gasteiger partial charge in [0.05, 0.1) is 17.8 Å². The number of hydrogen-bond donors (Lipinski definition) is 1. The molecule has 0 spiro atoms. The van der Waals surface area contributed by atoms with E-state index in [4.69, 9.17) is 9.26 Å². The van der Waals surface area contributed by atoms with E-state index in [1.165, 1.54) is 19.2 Å². The van der Waals surface area contributed by atoms with Gasteiger partial charge in [0.2, 0.25) is 0 Å². The molecule has 0 saturated carbocycles. The summed E-state index contributed by atoms with van der Waals surface area (Å²) in [7, 11) is -1.99. The first-order chi connectivity index (χ1) is 11.9. The Kier molecular flexibility index (Phi) is 6.13. The predicted molar refractivity (Wildman–Crippen MR) is 90.3 cm³/mol. The van der Waals surface area contributed by atoms with Gasteiger partial charge in [0.1, 0.15) is 5.75 Å². The molecule has 136 valence electrons. The van der Waals surface area contributed by atoms with Crippen LogP contribution in [0, 0.1) is 0 Å². The molecule has 1 atom stereocenters. The van der Waals surface area contributed by atoms with Gasteiger partial charge in [-0.1, -0.05) is 12.1 Å². The van der Waals surface area contributed by atoms with Gasteiger partial charge in [-0.3, -0.25) is 4.79 Å². The van der Waals surface area contributed by atoms with Crippen LogP contribution in [0.2, 0.25) is 0 Å². The van der Waals surface area contributed by atoms with Gasteiger partial charge in [-0.2, -0.15) is 4.98 Å². The molecule has 8 nitrogen and oxygen atoms in total. The smallest absolute Gasteiger partial charge is 0.315 e. The molecule has 0 aliphatic carbocycles. The molecule has 1 aromatic carbocycles. The third kappa shape index (κ3) is 5.02. The Morgan fingerprint density at radius 3 is 2.60 bits per heavy atom. The molecule has 0 fully saturated rings. The number of benzene rings is 1. The zero-order chi connectivity index (χ0) is 18.4. The number of aromatic nitrogens is 2. The van der Waals surface area contributed by atoms with E-state index < -0.39 is 15.7 Å². The third-order valence-electron chi connectivity index (χ3n) is 3.67. The molecule has 2 rings (SSSR count). The van der Waals surface area contributed by atoms with Gasteiger partial charge in [-0.25, -0.2) is 8.42 Å². The van der Waals surface area contributed by atoms with Crippen LogP contribution in [0.4, 0.5) is 0 Å². The highest BCUT2D eigenvalue weighted by Gasteiger charge is 2.19. The fraction of sp³-hybridized carbons (Fsp3) is 0.438. The summed E-state index contributed by atoms with van der Waals surface area (Å²) in [5.41, 5.74) is 0. The molecular formula is C16H21N3O5S. The molecule has 1 heterocycles. The van der Waals surface area contributed by atoms with Gasteiger partial charge in [-0.15, -0.1) is 0 Å². The van der Waals surface area contributed by atoms with E-state index in [0.29, 0.717) is 5.75 Å². The first-order valence-corrected chi connectivity index (χ1v) is 9.51. The second-order valence-electron chi connectivity index (χ2n) is 5.54. The SMILES string of the molecule is CCC(C)NC(=O)c1nc(CCS(=O)(=O)c2ccc(OC)cc2)no1. The van der Waals surface area contributed by atoms with E-state index in [9.17, 15) is 13.2 Å². The van der Waals surface area contributed by atoms with Crippen molar-refractivity contribution in [2.75, 3.05) is 12.9 Å². The van der Waals surface area contributed by atoms with Gasteiger partial charge in [-0.05, 0) is 37.6 Å². The maximum atomic E-state index is 12.3. The summed E-state index contributed by atoms with van der Waals surface area (Å²) in [4.78, 5) is 16.0. The first kappa shape index (κ1) is 18.9. The van der Waals surface area contributed by atoms with Crippen molar-refractivity contribution >= 4 is 15.7 Å². The van der Waals surface area contributed by atoms with Crippen LogP contribution < -0.4 is 10.1 Å². The topological polar surface area (TPSA) is 111 Å². The van der Waals surface area contributed by atoms with Crippen molar-refractivity contribution in [1.82, 2.24) is 15.5 Å². The molecule has 1 N–H and O–H groups in total. The van der Waals surface area contributed by atoms with Crippen LogP contribution in [0.3, 0.4) is 0 Å². The molecule has 0 aliphatic rings.